The van der Waals surface area contributed by atoms with Gasteiger partial charge in [-0.15, -0.1) is 0 Å². The third-order valence-corrected chi connectivity index (χ3v) is 3.34. The molecular formula is C16H16F2N2S. The van der Waals surface area contributed by atoms with Crippen molar-refractivity contribution in [2.24, 2.45) is 0 Å². The zero-order valence-corrected chi connectivity index (χ0v) is 12.4. The molecule has 0 heterocycles. The van der Waals surface area contributed by atoms with E-state index in [2.05, 4.69) is 10.6 Å². The Morgan fingerprint density at radius 3 is 2.24 bits per heavy atom. The van der Waals surface area contributed by atoms with Crippen LogP contribution in [0.3, 0.4) is 0 Å². The number of benzene rings is 2. The average molecular weight is 306 g/mol. The summed E-state index contributed by atoms with van der Waals surface area (Å²) in [6, 6.07) is 13.4. The number of hydrogen-bond acceptors (Lipinski definition) is 1. The first-order valence-corrected chi connectivity index (χ1v) is 7.09. The molecule has 2 nitrogen and oxygen atoms in total. The summed E-state index contributed by atoms with van der Waals surface area (Å²) in [6.45, 7) is 2.01. The number of thiocarbonyl (C=S) groups is 1. The molecule has 2 rings (SSSR count). The predicted octanol–water partition coefficient (Wildman–Crippen LogP) is 4.40. The largest absolute Gasteiger partial charge is 0.356 e. The molecule has 110 valence electrons. The summed E-state index contributed by atoms with van der Waals surface area (Å²) >= 11 is 5.14. The third-order valence-electron chi connectivity index (χ3n) is 3.12. The van der Waals surface area contributed by atoms with Crippen molar-refractivity contribution in [2.75, 3.05) is 5.32 Å². The molecule has 21 heavy (non-hydrogen) atoms. The second-order valence-corrected chi connectivity index (χ2v) is 4.97. The lowest BCUT2D eigenvalue weighted by atomic mass is 10.1. The molecule has 1 unspecified atom stereocenters. The van der Waals surface area contributed by atoms with E-state index in [1.54, 1.807) is 0 Å². The summed E-state index contributed by atoms with van der Waals surface area (Å²) in [5.74, 6) is -1.35. The van der Waals surface area contributed by atoms with Crippen LogP contribution in [0, 0.1) is 11.6 Å². The topological polar surface area (TPSA) is 24.1 Å². The first-order chi connectivity index (χ1) is 10.1. The van der Waals surface area contributed by atoms with E-state index in [0.29, 0.717) is 0 Å². The van der Waals surface area contributed by atoms with E-state index < -0.39 is 11.6 Å². The fourth-order valence-electron chi connectivity index (χ4n) is 2.03. The molecule has 0 saturated carbocycles. The number of hydrogen-bond donors (Lipinski definition) is 2. The maximum Gasteiger partial charge on any atom is 0.171 e. The van der Waals surface area contributed by atoms with E-state index in [4.69, 9.17) is 12.2 Å². The van der Waals surface area contributed by atoms with Crippen molar-refractivity contribution in [3.63, 3.8) is 0 Å². The van der Waals surface area contributed by atoms with Gasteiger partial charge in [0.15, 0.2) is 5.11 Å². The van der Waals surface area contributed by atoms with Crippen LogP contribution in [0.4, 0.5) is 14.5 Å². The van der Waals surface area contributed by atoms with Crippen LogP contribution in [0.1, 0.15) is 24.9 Å². The van der Waals surface area contributed by atoms with Crippen LogP contribution in [-0.4, -0.2) is 5.11 Å². The highest BCUT2D eigenvalue weighted by Crippen LogP contribution is 2.19. The van der Waals surface area contributed by atoms with Gasteiger partial charge in [0.05, 0.1) is 6.04 Å². The van der Waals surface area contributed by atoms with Crippen molar-refractivity contribution in [3.05, 3.63) is 65.7 Å². The van der Waals surface area contributed by atoms with Gasteiger partial charge in [-0.2, -0.15) is 0 Å². The van der Waals surface area contributed by atoms with Crippen LogP contribution < -0.4 is 10.6 Å². The van der Waals surface area contributed by atoms with Crippen molar-refractivity contribution in [3.8, 4) is 0 Å². The maximum absolute atomic E-state index is 13.6. The smallest absolute Gasteiger partial charge is 0.171 e. The van der Waals surface area contributed by atoms with E-state index >= 15 is 0 Å². The second kappa shape index (κ2) is 7.13. The third kappa shape index (κ3) is 3.98. The van der Waals surface area contributed by atoms with Crippen molar-refractivity contribution in [1.82, 2.24) is 5.32 Å². The Morgan fingerprint density at radius 2 is 1.67 bits per heavy atom. The first kappa shape index (κ1) is 15.4. The van der Waals surface area contributed by atoms with Gasteiger partial charge < -0.3 is 10.6 Å². The summed E-state index contributed by atoms with van der Waals surface area (Å²) in [5.41, 5.74) is 0.830. The Morgan fingerprint density at radius 1 is 1.05 bits per heavy atom. The van der Waals surface area contributed by atoms with Crippen LogP contribution in [0.15, 0.2) is 48.5 Å². The monoisotopic (exact) mass is 306 g/mol. The number of halogens is 2. The van der Waals surface area contributed by atoms with E-state index in [0.717, 1.165) is 12.0 Å². The van der Waals surface area contributed by atoms with Crippen LogP contribution in [0.2, 0.25) is 0 Å². The molecule has 0 aliphatic rings. The lowest BCUT2D eigenvalue weighted by Crippen LogP contribution is -2.32. The van der Waals surface area contributed by atoms with Crippen molar-refractivity contribution < 1.29 is 8.78 Å². The van der Waals surface area contributed by atoms with Crippen molar-refractivity contribution in [2.45, 2.75) is 19.4 Å². The molecule has 0 aliphatic carbocycles. The van der Waals surface area contributed by atoms with Crippen LogP contribution in [0.5, 0.6) is 0 Å². The molecule has 0 amide bonds. The van der Waals surface area contributed by atoms with Gasteiger partial charge in [-0.05, 0) is 36.3 Å². The number of para-hydroxylation sites is 1. The van der Waals surface area contributed by atoms with Gasteiger partial charge >= 0.3 is 0 Å². The Hall–Kier alpha value is -2.01. The lowest BCUT2D eigenvalue weighted by Gasteiger charge is -2.20. The Bertz CT molecular complexity index is 597. The molecule has 0 aliphatic heterocycles. The highest BCUT2D eigenvalue weighted by molar-refractivity contribution is 7.80. The minimum Gasteiger partial charge on any atom is -0.356 e. The van der Waals surface area contributed by atoms with Crippen molar-refractivity contribution >= 4 is 23.0 Å². The highest BCUT2D eigenvalue weighted by atomic mass is 32.1. The minimum atomic E-state index is -0.674. The molecule has 0 saturated heterocycles. The second-order valence-electron chi connectivity index (χ2n) is 4.57. The van der Waals surface area contributed by atoms with Crippen molar-refractivity contribution in [1.29, 1.82) is 0 Å². The van der Waals surface area contributed by atoms with Crippen LogP contribution >= 0.6 is 12.2 Å². The highest BCUT2D eigenvalue weighted by Gasteiger charge is 2.13. The minimum absolute atomic E-state index is 0.0129. The molecule has 0 spiro atoms. The zero-order valence-electron chi connectivity index (χ0n) is 11.6. The summed E-state index contributed by atoms with van der Waals surface area (Å²) in [7, 11) is 0. The van der Waals surface area contributed by atoms with Gasteiger partial charge in [-0.25, -0.2) is 8.78 Å². The van der Waals surface area contributed by atoms with Gasteiger partial charge in [-0.3, -0.25) is 0 Å². The van der Waals surface area contributed by atoms with E-state index in [1.807, 2.05) is 37.3 Å². The molecule has 2 aromatic carbocycles. The summed E-state index contributed by atoms with van der Waals surface area (Å²) in [6.07, 6.45) is 0.797. The molecule has 0 bridgehead atoms. The van der Waals surface area contributed by atoms with Gasteiger partial charge in [-0.1, -0.05) is 43.3 Å². The van der Waals surface area contributed by atoms with E-state index in [1.165, 1.54) is 18.2 Å². The standard InChI is InChI=1S/C16H16F2N2S/c1-2-14(11-7-4-3-5-8-11)19-16(21)20-15-12(17)9-6-10-13(15)18/h3-10,14H,2H2,1H3,(H2,19,20,21). The lowest BCUT2D eigenvalue weighted by molar-refractivity contribution is 0.589. The quantitative estimate of drug-likeness (QED) is 0.819. The first-order valence-electron chi connectivity index (χ1n) is 6.68. The molecule has 0 radical (unpaired) electrons. The molecule has 0 fully saturated rings. The van der Waals surface area contributed by atoms with Gasteiger partial charge in [0, 0.05) is 0 Å². The summed E-state index contributed by atoms with van der Waals surface area (Å²) < 4.78 is 27.1. The van der Waals surface area contributed by atoms with E-state index in [9.17, 15) is 8.78 Å². The fraction of sp³-hybridized carbons (Fsp3) is 0.188. The van der Waals surface area contributed by atoms with Crippen LogP contribution in [-0.2, 0) is 0 Å². The molecule has 1 atom stereocenters. The molecule has 2 N–H and O–H groups in total. The number of nitrogens with one attached hydrogen (secondary N) is 2. The normalized spacial score (nSPS) is 11.8. The van der Waals surface area contributed by atoms with E-state index in [-0.39, 0.29) is 16.8 Å². The molecule has 0 aromatic heterocycles. The SMILES string of the molecule is CCC(NC(=S)Nc1c(F)cccc1F)c1ccccc1. The van der Waals surface area contributed by atoms with Gasteiger partial charge in [0.1, 0.15) is 17.3 Å². The molecule has 2 aromatic rings. The number of anilines is 1. The van der Waals surface area contributed by atoms with Gasteiger partial charge in [0.2, 0.25) is 0 Å². The maximum atomic E-state index is 13.6. The van der Waals surface area contributed by atoms with Gasteiger partial charge in [0.25, 0.3) is 0 Å². The predicted molar refractivity (Wildman–Crippen MR) is 85.2 cm³/mol. The van der Waals surface area contributed by atoms with Crippen LogP contribution in [0.25, 0.3) is 0 Å². The molecule has 5 heteroatoms. The zero-order chi connectivity index (χ0) is 15.2. The average Bonchev–Trinajstić information content (AvgIpc) is 2.49. The Kier molecular flexibility index (Phi) is 5.22. The summed E-state index contributed by atoms with van der Waals surface area (Å²) in [5, 5.41) is 5.85. The Balaban J connectivity index is 2.07. The number of rotatable bonds is 4. The Labute approximate surface area is 128 Å². The fourth-order valence-corrected chi connectivity index (χ4v) is 2.28. The summed E-state index contributed by atoms with van der Waals surface area (Å²) in [4.78, 5) is 0. The molecular weight excluding hydrogens is 290 g/mol.